The molecule has 4 aromatic rings. The molecule has 0 aliphatic rings. The lowest BCUT2D eigenvalue weighted by Crippen LogP contribution is -2.27. The van der Waals surface area contributed by atoms with Gasteiger partial charge in [-0.3, -0.25) is 60.2 Å². The molecule has 0 radical (unpaired) electrons. The zero-order valence-electron chi connectivity index (χ0n) is 79.6. The largest absolute Gasteiger partial charge is 0.490 e. The smallest absolute Gasteiger partial charge is 0.268 e. The van der Waals surface area contributed by atoms with Crippen LogP contribution in [0.25, 0.3) is 0 Å². The third kappa shape index (κ3) is 61.1. The van der Waals surface area contributed by atoms with Gasteiger partial charge in [0, 0.05) is 104 Å². The van der Waals surface area contributed by atoms with Crippen LogP contribution < -0.4 is 111 Å². The Balaban J connectivity index is 1.49. The molecule has 22 N–H and O–H groups in total. The van der Waals surface area contributed by atoms with Gasteiger partial charge < -0.3 is 111 Å². The normalized spacial score (nSPS) is 12.6. The maximum Gasteiger partial charge on any atom is 0.268 e. The van der Waals surface area contributed by atoms with Gasteiger partial charge in [0.05, 0.1) is 106 Å². The SMILES string of the molecule is CCCNC(=O)c1cc(OCCCC/C(N)=C/NCCCNC(=O)c2cc(OCCCS(=O)(=O)O)c(OCCS(=O)(=O)O)c(OCCCS(=O)(=O)O)c2)c(OCCCC/C(N)=C/NCCCNC(=O)c2cc(OCCCS(=O)(=O)O)c(OCCCS(=O)(=O)O)c(OCCCS(=O)(=O)O)c2)c(OCCCC/C(N)=C/NCCCNC(=O)c2cc(OCCCS(=O)(=O)O)c(OCCS(=O)(=O)O)c(OCCCS(=O)(=O)O)c2)c1. The molecule has 4 rings (SSSR count). The molecule has 4 aromatic carbocycles. The molecule has 4 amide bonds. The summed E-state index contributed by atoms with van der Waals surface area (Å²) in [4.78, 5) is 54.6. The molecule has 53 nitrogen and oxygen atoms in total. The summed E-state index contributed by atoms with van der Waals surface area (Å²) in [5, 5.41) is 20.3. The third-order valence-electron chi connectivity index (χ3n) is 19.0. The van der Waals surface area contributed by atoms with E-state index in [2.05, 4.69) is 37.2 Å². The van der Waals surface area contributed by atoms with E-state index in [0.717, 1.165) is 0 Å². The van der Waals surface area contributed by atoms with E-state index in [-0.39, 0.29) is 222 Å². The minimum absolute atomic E-state index is 0.0685. The summed E-state index contributed by atoms with van der Waals surface area (Å²) < 4.78 is 360. The number of hydrogen-bond donors (Lipinski definition) is 19. The standard InChI is InChI=1S/C83H132N10O43S9/c1-2-22-90-80(94)61-50-68(125-29-6-3-19-65(84)58-87-23-9-27-92-82(96)63-54-72(129-34-14-43-139(104,105)106)78(135-39-48-144(119,120)121)73(55-63)130-35-15-44-140(107,108)109)76(133-31-8-5-21-67(86)60-89-25-11-26-91-81(95)62-52-70(127-32-12-41-137(98,99)100)77(134-38-18-47-143(116,117)118)71(53-62)128-33-13-42-138(101,102)103)69(51-61)126-30-7-4-20-66(85)59-88-24-10-28-93-83(97)64-56-74(131-36-16-45-141(110,111)112)79(136-40-49-145(122,123)124)75(57-64)132-37-17-46-142(113,114)115/h50-60,87-89H,2-49,84-86H2,1H3,(H,90,94)(H,91,95)(H,92,96)(H,93,97)(H,98,99,100)(H,101,102,103)(H,104,105,106)(H,107,108,109)(H,110,111,112)(H,113,114,115)(H,116,117,118)(H,119,120,121)(H,122,123,124)/b65-58-,66-59-,67-60-. The summed E-state index contributed by atoms with van der Waals surface area (Å²) in [5.74, 6) is -11.1. The fourth-order valence-electron chi connectivity index (χ4n) is 12.2. The highest BCUT2D eigenvalue weighted by molar-refractivity contribution is 7.87. The molecule has 0 bridgehead atoms. The van der Waals surface area contributed by atoms with Gasteiger partial charge in [-0.2, -0.15) is 75.8 Å². The molecular formula is C83H132N10O43S9. The second kappa shape index (κ2) is 64.6. The Bertz CT molecular complexity index is 5580. The predicted molar refractivity (Wildman–Crippen MR) is 528 cm³/mol. The molecule has 826 valence electrons. The minimum atomic E-state index is -4.56. The van der Waals surface area contributed by atoms with Crippen LogP contribution in [-0.2, 0) is 91.1 Å². The number of nitrogens with one attached hydrogen (secondary N) is 7. The van der Waals surface area contributed by atoms with Crippen LogP contribution in [0.5, 0.6) is 69.0 Å². The summed E-state index contributed by atoms with van der Waals surface area (Å²) in [6, 6.07) is 10.2. The number of carbonyl (C=O) groups is 4. The number of allylic oxidation sites excluding steroid dienone is 3. The first-order valence-corrected chi connectivity index (χ1v) is 59.9. The highest BCUT2D eigenvalue weighted by Crippen LogP contribution is 2.44. The van der Waals surface area contributed by atoms with E-state index < -0.39 is 180 Å². The number of unbranched alkanes of at least 4 members (excludes halogenated alkanes) is 3. The lowest BCUT2D eigenvalue weighted by atomic mass is 10.1. The Labute approximate surface area is 844 Å². The van der Waals surface area contributed by atoms with Crippen LogP contribution in [0.4, 0.5) is 0 Å². The number of carbonyl (C=O) groups excluding carboxylic acids is 4. The second-order valence-electron chi connectivity index (χ2n) is 31.9. The van der Waals surface area contributed by atoms with E-state index >= 15 is 0 Å². The number of ether oxygens (including phenoxy) is 12. The van der Waals surface area contributed by atoms with Crippen LogP contribution >= 0.6 is 0 Å². The summed E-state index contributed by atoms with van der Waals surface area (Å²) in [6.45, 7) is -0.412. The van der Waals surface area contributed by atoms with Gasteiger partial charge in [0.25, 0.3) is 115 Å². The first kappa shape index (κ1) is 127. The van der Waals surface area contributed by atoms with Gasteiger partial charge >= 0.3 is 0 Å². The van der Waals surface area contributed by atoms with Crippen LogP contribution in [0.3, 0.4) is 0 Å². The van der Waals surface area contributed by atoms with E-state index in [1.54, 1.807) is 18.6 Å². The molecule has 145 heavy (non-hydrogen) atoms. The Kier molecular flexibility index (Phi) is 56.6. The van der Waals surface area contributed by atoms with Gasteiger partial charge in [-0.15, -0.1) is 0 Å². The van der Waals surface area contributed by atoms with E-state index in [1.165, 1.54) is 48.5 Å². The van der Waals surface area contributed by atoms with Gasteiger partial charge in [0.2, 0.25) is 23.0 Å². The first-order valence-electron chi connectivity index (χ1n) is 45.4. The van der Waals surface area contributed by atoms with Crippen molar-refractivity contribution in [1.29, 1.82) is 0 Å². The number of amides is 4. The number of benzene rings is 4. The van der Waals surface area contributed by atoms with Crippen molar-refractivity contribution in [3.8, 4) is 69.0 Å². The molecule has 0 spiro atoms. The molecule has 62 heteroatoms. The van der Waals surface area contributed by atoms with Gasteiger partial charge in [0.1, 0.15) is 24.7 Å². The Hall–Kier alpha value is -10.4. The molecule has 0 aliphatic carbocycles. The molecule has 0 fully saturated rings. The van der Waals surface area contributed by atoms with E-state index in [4.69, 9.17) is 74.0 Å². The molecule has 0 saturated carbocycles. The molecule has 0 atom stereocenters. The molecule has 0 heterocycles. The Morgan fingerprint density at radius 2 is 0.407 bits per heavy atom. The van der Waals surface area contributed by atoms with Crippen LogP contribution in [0.15, 0.2) is 84.2 Å². The van der Waals surface area contributed by atoms with E-state index in [0.29, 0.717) is 127 Å². The zero-order valence-corrected chi connectivity index (χ0v) is 87.0. The van der Waals surface area contributed by atoms with Crippen LogP contribution in [0, 0.1) is 0 Å². The van der Waals surface area contributed by atoms with Gasteiger partial charge in [-0.1, -0.05) is 6.92 Å². The maximum absolute atomic E-state index is 13.8. The Morgan fingerprint density at radius 3 is 0.600 bits per heavy atom. The Morgan fingerprint density at radius 1 is 0.234 bits per heavy atom. The quantitative estimate of drug-likeness (QED) is 0.0223. The summed E-state index contributed by atoms with van der Waals surface area (Å²) in [7, 11) is -40.1. The topological polar surface area (TPSA) is 831 Å². The lowest BCUT2D eigenvalue weighted by molar-refractivity contribution is 0.0944. The van der Waals surface area contributed by atoms with Crippen molar-refractivity contribution >= 4 is 115 Å². The van der Waals surface area contributed by atoms with Gasteiger partial charge in [-0.05, 0) is 177 Å². The van der Waals surface area contributed by atoms with Crippen molar-refractivity contribution in [2.24, 2.45) is 17.2 Å². The van der Waals surface area contributed by atoms with Crippen molar-refractivity contribution in [3.05, 3.63) is 106 Å². The molecule has 0 saturated heterocycles. The molecule has 0 unspecified atom stereocenters. The fraction of sp³-hybridized carbons (Fsp3) is 0.590. The van der Waals surface area contributed by atoms with Crippen molar-refractivity contribution in [1.82, 2.24) is 37.2 Å². The lowest BCUT2D eigenvalue weighted by Gasteiger charge is -2.19. The van der Waals surface area contributed by atoms with Crippen LogP contribution in [-0.4, -0.2) is 317 Å². The molecule has 0 aromatic heterocycles. The predicted octanol–water partition coefficient (Wildman–Crippen LogP) is 3.23. The van der Waals surface area contributed by atoms with Crippen molar-refractivity contribution in [2.75, 3.05) is 177 Å². The number of rotatable bonds is 82. The average Bonchev–Trinajstić information content (AvgIpc) is 0.822. The van der Waals surface area contributed by atoms with Gasteiger partial charge in [-0.25, -0.2) is 0 Å². The average molecular weight is 2250 g/mol. The fourth-order valence-corrected chi connectivity index (χ4v) is 16.2. The number of nitrogens with two attached hydrogens (primary N) is 3. The highest BCUT2D eigenvalue weighted by Gasteiger charge is 2.28. The van der Waals surface area contributed by atoms with Crippen LogP contribution in [0.2, 0.25) is 0 Å². The van der Waals surface area contributed by atoms with Crippen molar-refractivity contribution < 1.29 is 193 Å². The third-order valence-corrected chi connectivity index (χ3v) is 26.0. The van der Waals surface area contributed by atoms with Crippen molar-refractivity contribution in [3.63, 3.8) is 0 Å². The second-order valence-corrected chi connectivity index (χ2v) is 46.1. The van der Waals surface area contributed by atoms with E-state index in [1.807, 2.05) is 6.92 Å². The summed E-state index contributed by atoms with van der Waals surface area (Å²) >= 11 is 0. The maximum atomic E-state index is 13.8. The van der Waals surface area contributed by atoms with Crippen LogP contribution in [0.1, 0.15) is 177 Å². The highest BCUT2D eigenvalue weighted by atomic mass is 32.3. The first-order chi connectivity index (χ1) is 67.9. The zero-order chi connectivity index (χ0) is 108. The summed E-state index contributed by atoms with van der Waals surface area (Å²) in [5.41, 5.74) is 20.4. The molecular weight excluding hydrogens is 2110 g/mol. The molecule has 0 aliphatic heterocycles. The van der Waals surface area contributed by atoms with Crippen molar-refractivity contribution in [2.45, 2.75) is 135 Å². The monoisotopic (exact) mass is 2240 g/mol. The van der Waals surface area contributed by atoms with E-state index in [9.17, 15) is 136 Å². The minimum Gasteiger partial charge on any atom is -0.490 e. The number of hydrogen-bond acceptors (Lipinski definition) is 40. The van der Waals surface area contributed by atoms with Gasteiger partial charge in [0.15, 0.2) is 46.0 Å². The summed E-state index contributed by atoms with van der Waals surface area (Å²) in [6.07, 6.45) is 8.45.